The molecule has 0 saturated carbocycles. The van der Waals surface area contributed by atoms with E-state index in [1.165, 1.54) is 23.3 Å². The Bertz CT molecular complexity index is 770. The van der Waals surface area contributed by atoms with Gasteiger partial charge in [-0.3, -0.25) is 14.9 Å². The summed E-state index contributed by atoms with van der Waals surface area (Å²) >= 11 is 0. The van der Waals surface area contributed by atoms with Gasteiger partial charge in [0.05, 0.1) is 16.9 Å². The molecule has 0 fully saturated rings. The van der Waals surface area contributed by atoms with Crippen molar-refractivity contribution in [1.82, 2.24) is 5.32 Å². The van der Waals surface area contributed by atoms with E-state index in [2.05, 4.69) is 24.4 Å². The molecule has 0 bridgehead atoms. The first kappa shape index (κ1) is 16.2. The molecule has 0 spiro atoms. The number of carbonyl (C=O) groups is 1. The molecule has 1 aliphatic rings. The van der Waals surface area contributed by atoms with E-state index in [0.717, 1.165) is 24.8 Å². The van der Waals surface area contributed by atoms with Crippen molar-refractivity contribution in [2.24, 2.45) is 0 Å². The van der Waals surface area contributed by atoms with Crippen LogP contribution in [-0.4, -0.2) is 10.8 Å². The first-order valence-electron chi connectivity index (χ1n) is 8.11. The maximum Gasteiger partial charge on any atom is 0.269 e. The minimum absolute atomic E-state index is 0.0346. The van der Waals surface area contributed by atoms with Crippen LogP contribution in [0.5, 0.6) is 0 Å². The van der Waals surface area contributed by atoms with Crippen LogP contribution in [0.1, 0.15) is 36.5 Å². The molecule has 3 rings (SSSR count). The minimum atomic E-state index is -0.441. The highest BCUT2D eigenvalue weighted by atomic mass is 16.6. The molecule has 124 valence electrons. The van der Waals surface area contributed by atoms with Crippen molar-refractivity contribution in [3.8, 4) is 0 Å². The summed E-state index contributed by atoms with van der Waals surface area (Å²) in [4.78, 5) is 22.7. The predicted octanol–water partition coefficient (Wildman–Crippen LogP) is 3.51. The Hall–Kier alpha value is -2.69. The fourth-order valence-corrected chi connectivity index (χ4v) is 3.45. The zero-order valence-electron chi connectivity index (χ0n) is 13.6. The standard InChI is InChI=1S/C19H20N2O3/c1-19(12-4-6-15-5-2-3-7-17(15)19)20-18(22)13-14-8-10-16(11-9-14)21(23)24/h2-3,5,7-11H,4,6,12-13H2,1H3,(H,20,22). The largest absolute Gasteiger partial charge is 0.347 e. The Morgan fingerprint density at radius 3 is 2.62 bits per heavy atom. The molecular weight excluding hydrogens is 304 g/mol. The number of nitrogens with one attached hydrogen (secondary N) is 1. The third kappa shape index (κ3) is 3.30. The number of amides is 1. The van der Waals surface area contributed by atoms with Crippen LogP contribution in [0.4, 0.5) is 5.69 Å². The molecule has 1 atom stereocenters. The Morgan fingerprint density at radius 1 is 1.21 bits per heavy atom. The molecule has 0 radical (unpaired) electrons. The number of nitro benzene ring substituents is 1. The lowest BCUT2D eigenvalue weighted by Gasteiger charge is -2.37. The highest BCUT2D eigenvalue weighted by Crippen LogP contribution is 2.34. The van der Waals surface area contributed by atoms with Gasteiger partial charge in [-0.1, -0.05) is 36.4 Å². The van der Waals surface area contributed by atoms with Crippen molar-refractivity contribution in [1.29, 1.82) is 0 Å². The van der Waals surface area contributed by atoms with Gasteiger partial charge < -0.3 is 5.32 Å². The summed E-state index contributed by atoms with van der Waals surface area (Å²) in [6.07, 6.45) is 3.22. The molecule has 2 aromatic rings. The van der Waals surface area contributed by atoms with Gasteiger partial charge in [-0.25, -0.2) is 0 Å². The van der Waals surface area contributed by atoms with Crippen LogP contribution in [0, 0.1) is 10.1 Å². The molecule has 1 unspecified atom stereocenters. The first-order valence-corrected chi connectivity index (χ1v) is 8.11. The molecule has 0 aromatic heterocycles. The molecule has 1 aliphatic carbocycles. The number of rotatable bonds is 4. The second-order valence-electron chi connectivity index (χ2n) is 6.49. The first-order chi connectivity index (χ1) is 11.5. The molecule has 24 heavy (non-hydrogen) atoms. The van der Waals surface area contributed by atoms with Gasteiger partial charge in [0.15, 0.2) is 0 Å². The van der Waals surface area contributed by atoms with Gasteiger partial charge >= 0.3 is 0 Å². The van der Waals surface area contributed by atoms with Gasteiger partial charge in [0.2, 0.25) is 5.91 Å². The quantitative estimate of drug-likeness (QED) is 0.691. The Labute approximate surface area is 140 Å². The number of benzene rings is 2. The summed E-state index contributed by atoms with van der Waals surface area (Å²) in [6, 6.07) is 14.4. The van der Waals surface area contributed by atoms with E-state index in [9.17, 15) is 14.9 Å². The molecule has 0 heterocycles. The number of carbonyl (C=O) groups excluding carboxylic acids is 1. The summed E-state index contributed by atoms with van der Waals surface area (Å²) < 4.78 is 0. The van der Waals surface area contributed by atoms with Crippen molar-refractivity contribution < 1.29 is 9.72 Å². The highest BCUT2D eigenvalue weighted by molar-refractivity contribution is 5.79. The van der Waals surface area contributed by atoms with Gasteiger partial charge in [-0.05, 0) is 42.9 Å². The van der Waals surface area contributed by atoms with Gasteiger partial charge in [-0.15, -0.1) is 0 Å². The number of aryl methyl sites for hydroxylation is 1. The number of hydrogen-bond donors (Lipinski definition) is 1. The van der Waals surface area contributed by atoms with Crippen molar-refractivity contribution in [3.05, 3.63) is 75.3 Å². The van der Waals surface area contributed by atoms with Gasteiger partial charge in [0.1, 0.15) is 0 Å². The fraction of sp³-hybridized carbons (Fsp3) is 0.316. The summed E-state index contributed by atoms with van der Waals surface area (Å²) in [5.74, 6) is -0.0666. The van der Waals surface area contributed by atoms with E-state index in [1.54, 1.807) is 12.1 Å². The Balaban J connectivity index is 1.72. The number of non-ortho nitro benzene ring substituents is 1. The molecule has 5 nitrogen and oxygen atoms in total. The van der Waals surface area contributed by atoms with E-state index >= 15 is 0 Å². The summed E-state index contributed by atoms with van der Waals surface area (Å²) in [5.41, 5.74) is 2.93. The van der Waals surface area contributed by atoms with Crippen LogP contribution in [0.25, 0.3) is 0 Å². The van der Waals surface area contributed by atoms with Crippen LogP contribution in [0.3, 0.4) is 0 Å². The molecule has 1 amide bonds. The van der Waals surface area contributed by atoms with Gasteiger partial charge in [0, 0.05) is 12.1 Å². The molecular formula is C19H20N2O3. The zero-order valence-corrected chi connectivity index (χ0v) is 13.6. The van der Waals surface area contributed by atoms with Crippen molar-refractivity contribution in [2.45, 2.75) is 38.1 Å². The smallest absolute Gasteiger partial charge is 0.269 e. The average molecular weight is 324 g/mol. The summed E-state index contributed by atoms with van der Waals surface area (Å²) in [5, 5.41) is 13.8. The van der Waals surface area contributed by atoms with E-state index in [1.807, 2.05) is 12.1 Å². The van der Waals surface area contributed by atoms with Crippen molar-refractivity contribution in [3.63, 3.8) is 0 Å². The second kappa shape index (κ2) is 6.43. The van der Waals surface area contributed by atoms with Gasteiger partial charge in [-0.2, -0.15) is 0 Å². The summed E-state index contributed by atoms with van der Waals surface area (Å²) in [7, 11) is 0. The number of nitro groups is 1. The van der Waals surface area contributed by atoms with Crippen LogP contribution in [0.2, 0.25) is 0 Å². The van der Waals surface area contributed by atoms with Crippen LogP contribution in [-0.2, 0) is 23.2 Å². The van der Waals surface area contributed by atoms with E-state index < -0.39 is 4.92 Å². The fourth-order valence-electron chi connectivity index (χ4n) is 3.45. The van der Waals surface area contributed by atoms with Crippen LogP contribution >= 0.6 is 0 Å². The molecule has 1 N–H and O–H groups in total. The van der Waals surface area contributed by atoms with Crippen molar-refractivity contribution in [2.75, 3.05) is 0 Å². The molecule has 2 aromatic carbocycles. The SMILES string of the molecule is CC1(NC(=O)Cc2ccc([N+](=O)[O-])cc2)CCCc2ccccc21. The van der Waals surface area contributed by atoms with E-state index in [-0.39, 0.29) is 23.6 Å². The van der Waals surface area contributed by atoms with Crippen LogP contribution < -0.4 is 5.32 Å². The van der Waals surface area contributed by atoms with E-state index in [0.29, 0.717) is 0 Å². The number of fused-ring (bicyclic) bond motifs is 1. The average Bonchev–Trinajstić information content (AvgIpc) is 2.55. The zero-order chi connectivity index (χ0) is 17.2. The monoisotopic (exact) mass is 324 g/mol. The Morgan fingerprint density at radius 2 is 1.92 bits per heavy atom. The topological polar surface area (TPSA) is 72.2 Å². The molecule has 0 saturated heterocycles. The molecule has 5 heteroatoms. The summed E-state index contributed by atoms with van der Waals surface area (Å²) in [6.45, 7) is 2.07. The van der Waals surface area contributed by atoms with Crippen molar-refractivity contribution >= 4 is 11.6 Å². The predicted molar refractivity (Wildman–Crippen MR) is 91.7 cm³/mol. The third-order valence-electron chi connectivity index (χ3n) is 4.66. The highest BCUT2D eigenvalue weighted by Gasteiger charge is 2.32. The number of hydrogen-bond acceptors (Lipinski definition) is 3. The lowest BCUT2D eigenvalue weighted by Crippen LogP contribution is -2.46. The number of nitrogens with zero attached hydrogens (tertiary/aromatic N) is 1. The third-order valence-corrected chi connectivity index (χ3v) is 4.66. The lowest BCUT2D eigenvalue weighted by atomic mass is 9.77. The maximum atomic E-state index is 12.5. The second-order valence-corrected chi connectivity index (χ2v) is 6.49. The lowest BCUT2D eigenvalue weighted by molar-refractivity contribution is -0.384. The van der Waals surface area contributed by atoms with Gasteiger partial charge in [0.25, 0.3) is 5.69 Å². The minimum Gasteiger partial charge on any atom is -0.347 e. The molecule has 0 aliphatic heterocycles. The maximum absolute atomic E-state index is 12.5. The Kier molecular flexibility index (Phi) is 4.34. The van der Waals surface area contributed by atoms with Crippen LogP contribution in [0.15, 0.2) is 48.5 Å². The normalized spacial score (nSPS) is 19.4. The van der Waals surface area contributed by atoms with E-state index in [4.69, 9.17) is 0 Å².